The third-order valence-electron chi connectivity index (χ3n) is 5.31. The molecule has 0 amide bonds. The highest BCUT2D eigenvalue weighted by Gasteiger charge is 2.23. The molecule has 0 bridgehead atoms. The third kappa shape index (κ3) is 3.66. The van der Waals surface area contributed by atoms with Gasteiger partial charge in [0.15, 0.2) is 0 Å². The molecule has 1 atom stereocenters. The number of fused-ring (bicyclic) bond motifs is 1. The minimum atomic E-state index is -3.45. The molecule has 2 heterocycles. The van der Waals surface area contributed by atoms with Gasteiger partial charge < -0.3 is 4.57 Å². The summed E-state index contributed by atoms with van der Waals surface area (Å²) in [6, 6.07) is 5.87. The molecule has 0 radical (unpaired) electrons. The molecule has 6 nitrogen and oxygen atoms in total. The number of aryl methyl sites for hydroxylation is 1. The summed E-state index contributed by atoms with van der Waals surface area (Å²) in [6.07, 6.45) is 4.80. The molecule has 0 unspecified atom stereocenters. The van der Waals surface area contributed by atoms with Crippen LogP contribution >= 0.6 is 0 Å². The molecular weight excluding hydrogens is 348 g/mol. The number of hydrogen-bond acceptors (Lipinski definition) is 4. The van der Waals surface area contributed by atoms with Crippen molar-refractivity contribution >= 4 is 21.1 Å². The highest BCUT2D eigenvalue weighted by atomic mass is 32.2. The summed E-state index contributed by atoms with van der Waals surface area (Å²) in [7, 11) is -0.339. The predicted octanol–water partition coefficient (Wildman–Crippen LogP) is 3.07. The van der Waals surface area contributed by atoms with Crippen LogP contribution in [-0.4, -0.2) is 53.9 Å². The first-order valence-corrected chi connectivity index (χ1v) is 10.9. The number of sulfonamides is 1. The van der Waals surface area contributed by atoms with Gasteiger partial charge >= 0.3 is 0 Å². The molecule has 0 saturated carbocycles. The summed E-state index contributed by atoms with van der Waals surface area (Å²) in [5.74, 6) is 1.04. The minimum Gasteiger partial charge on any atom is -0.327 e. The second-order valence-electron chi connectivity index (χ2n) is 7.43. The fraction of sp³-hybridized carbons (Fsp3) is 0.632. The van der Waals surface area contributed by atoms with E-state index in [4.69, 9.17) is 4.98 Å². The van der Waals surface area contributed by atoms with Gasteiger partial charge in [0.05, 0.1) is 22.5 Å². The van der Waals surface area contributed by atoms with Crippen LogP contribution in [-0.2, 0) is 23.1 Å². The normalized spacial score (nSPS) is 19.5. The monoisotopic (exact) mass is 378 g/mol. The average Bonchev–Trinajstić information content (AvgIpc) is 2.94. The first-order chi connectivity index (χ1) is 12.3. The molecule has 1 aromatic heterocycles. The second-order valence-corrected chi connectivity index (χ2v) is 9.58. The molecule has 1 saturated heterocycles. The molecule has 0 N–H and O–H groups in total. The van der Waals surface area contributed by atoms with Gasteiger partial charge in [-0.2, -0.15) is 0 Å². The Bertz CT molecular complexity index is 873. The molecule has 1 aliphatic rings. The lowest BCUT2D eigenvalue weighted by Gasteiger charge is -2.33. The van der Waals surface area contributed by atoms with Crippen LogP contribution < -0.4 is 0 Å². The summed E-state index contributed by atoms with van der Waals surface area (Å²) >= 11 is 0. The van der Waals surface area contributed by atoms with Crippen LogP contribution in [0.3, 0.4) is 0 Å². The molecule has 3 rings (SSSR count). The zero-order chi connectivity index (χ0) is 18.9. The van der Waals surface area contributed by atoms with Crippen molar-refractivity contribution in [1.29, 1.82) is 0 Å². The zero-order valence-corrected chi connectivity index (χ0v) is 17.1. The van der Waals surface area contributed by atoms with Crippen molar-refractivity contribution in [3.05, 3.63) is 24.0 Å². The minimum absolute atomic E-state index is 0.300. The van der Waals surface area contributed by atoms with Crippen LogP contribution in [0.5, 0.6) is 0 Å². The van der Waals surface area contributed by atoms with Crippen molar-refractivity contribution in [1.82, 2.24) is 18.8 Å². The van der Waals surface area contributed by atoms with E-state index in [-0.39, 0.29) is 0 Å². The topological polar surface area (TPSA) is 58.4 Å². The summed E-state index contributed by atoms with van der Waals surface area (Å²) in [6.45, 7) is 7.27. The van der Waals surface area contributed by atoms with E-state index in [1.54, 1.807) is 26.2 Å². The fourth-order valence-corrected chi connectivity index (χ4v) is 4.62. The molecule has 144 valence electrons. The zero-order valence-electron chi connectivity index (χ0n) is 16.3. The van der Waals surface area contributed by atoms with E-state index >= 15 is 0 Å². The van der Waals surface area contributed by atoms with Crippen molar-refractivity contribution < 1.29 is 8.42 Å². The van der Waals surface area contributed by atoms with Gasteiger partial charge in [-0.15, -0.1) is 0 Å². The molecule has 1 fully saturated rings. The van der Waals surface area contributed by atoms with Crippen LogP contribution in [0.4, 0.5) is 0 Å². The van der Waals surface area contributed by atoms with Crippen molar-refractivity contribution in [3.8, 4) is 0 Å². The number of benzene rings is 1. The Morgan fingerprint density at radius 3 is 2.69 bits per heavy atom. The van der Waals surface area contributed by atoms with E-state index in [1.807, 2.05) is 6.07 Å². The third-order valence-corrected chi connectivity index (χ3v) is 7.12. The lowest BCUT2D eigenvalue weighted by molar-refractivity contribution is 0.147. The van der Waals surface area contributed by atoms with Crippen molar-refractivity contribution in [2.75, 3.05) is 20.6 Å². The number of likely N-dealkylation sites (tertiary alicyclic amines) is 1. The molecule has 26 heavy (non-hydrogen) atoms. The smallest absolute Gasteiger partial charge is 0.242 e. The summed E-state index contributed by atoms with van der Waals surface area (Å²) in [4.78, 5) is 7.63. The number of hydrogen-bond donors (Lipinski definition) is 0. The predicted molar refractivity (Wildman–Crippen MR) is 105 cm³/mol. The quantitative estimate of drug-likeness (QED) is 0.775. The number of rotatable bonds is 6. The van der Waals surface area contributed by atoms with Crippen molar-refractivity contribution in [2.24, 2.45) is 0 Å². The number of aromatic nitrogens is 2. The Kier molecular flexibility index (Phi) is 5.69. The van der Waals surface area contributed by atoms with Crippen LogP contribution in [0.1, 0.15) is 45.4 Å². The molecule has 1 aromatic carbocycles. The largest absolute Gasteiger partial charge is 0.327 e. The Morgan fingerprint density at radius 2 is 2.04 bits per heavy atom. The lowest BCUT2D eigenvalue weighted by atomic mass is 10.0. The van der Waals surface area contributed by atoms with E-state index in [0.29, 0.717) is 10.9 Å². The maximum Gasteiger partial charge on any atom is 0.242 e. The van der Waals surface area contributed by atoms with Crippen molar-refractivity contribution in [2.45, 2.75) is 63.6 Å². The van der Waals surface area contributed by atoms with Gasteiger partial charge in [-0.05, 0) is 50.9 Å². The Labute approximate surface area is 156 Å². The van der Waals surface area contributed by atoms with E-state index in [2.05, 4.69) is 23.3 Å². The number of nitrogens with zero attached hydrogens (tertiary/aromatic N) is 4. The molecule has 2 aromatic rings. The summed E-state index contributed by atoms with van der Waals surface area (Å²) < 4.78 is 28.4. The first kappa shape index (κ1) is 19.3. The van der Waals surface area contributed by atoms with Crippen molar-refractivity contribution in [3.63, 3.8) is 0 Å². The van der Waals surface area contributed by atoms with Gasteiger partial charge in [0.25, 0.3) is 0 Å². The highest BCUT2D eigenvalue weighted by molar-refractivity contribution is 7.89. The van der Waals surface area contributed by atoms with Gasteiger partial charge in [0.2, 0.25) is 10.0 Å². The van der Waals surface area contributed by atoms with Crippen LogP contribution in [0.25, 0.3) is 11.0 Å². The molecule has 0 spiro atoms. The molecular formula is C19H30N4O2S. The van der Waals surface area contributed by atoms with Gasteiger partial charge in [0, 0.05) is 26.7 Å². The van der Waals surface area contributed by atoms with Gasteiger partial charge in [-0.1, -0.05) is 13.3 Å². The average molecular weight is 379 g/mol. The summed E-state index contributed by atoms with van der Waals surface area (Å²) in [5.41, 5.74) is 1.78. The standard InChI is InChI=1S/C19H30N4O2S/c1-5-11-23-18-10-9-16(26(24,25)21(3)4)13-17(18)20-19(23)14-22-12-7-6-8-15(22)2/h9-10,13,15H,5-8,11-12,14H2,1-4H3/t15-/m0/s1. The Balaban J connectivity index is 2.01. The first-order valence-electron chi connectivity index (χ1n) is 9.50. The number of piperidine rings is 1. The highest BCUT2D eigenvalue weighted by Crippen LogP contribution is 2.25. The van der Waals surface area contributed by atoms with Gasteiger partial charge in [-0.25, -0.2) is 17.7 Å². The summed E-state index contributed by atoms with van der Waals surface area (Å²) in [5, 5.41) is 0. The molecule has 7 heteroatoms. The van der Waals surface area contributed by atoms with E-state index in [1.165, 1.54) is 23.6 Å². The Morgan fingerprint density at radius 1 is 1.27 bits per heavy atom. The maximum absolute atomic E-state index is 12.4. The van der Waals surface area contributed by atoms with Gasteiger partial charge in [0.1, 0.15) is 5.82 Å². The van der Waals surface area contributed by atoms with Crippen LogP contribution in [0.2, 0.25) is 0 Å². The van der Waals surface area contributed by atoms with E-state index in [9.17, 15) is 8.42 Å². The van der Waals surface area contributed by atoms with E-state index in [0.717, 1.165) is 42.9 Å². The maximum atomic E-state index is 12.4. The van der Waals surface area contributed by atoms with Gasteiger partial charge in [-0.3, -0.25) is 4.90 Å². The van der Waals surface area contributed by atoms with Crippen LogP contribution in [0.15, 0.2) is 23.1 Å². The number of imidazole rings is 1. The SMILES string of the molecule is CCCn1c(CN2CCCC[C@@H]2C)nc2cc(S(=O)(=O)N(C)C)ccc21. The van der Waals surface area contributed by atoms with Crippen LogP contribution in [0, 0.1) is 0 Å². The Hall–Kier alpha value is -1.44. The second kappa shape index (κ2) is 7.66. The fourth-order valence-electron chi connectivity index (χ4n) is 3.70. The lowest BCUT2D eigenvalue weighted by Crippen LogP contribution is -2.37. The van der Waals surface area contributed by atoms with E-state index < -0.39 is 10.0 Å². The molecule has 1 aliphatic heterocycles. The molecule has 0 aliphatic carbocycles.